The molecule has 1 heterocycles. The van der Waals surface area contributed by atoms with Crippen LogP contribution >= 0.6 is 12.4 Å². The molecule has 2 N–H and O–H groups in total. The Balaban J connectivity index is 0.00000288. The van der Waals surface area contributed by atoms with Crippen LogP contribution in [-0.2, 0) is 9.59 Å². The van der Waals surface area contributed by atoms with E-state index in [1.807, 2.05) is 42.2 Å². The van der Waals surface area contributed by atoms with E-state index in [0.717, 1.165) is 31.7 Å². The molecule has 1 unspecified atom stereocenters. The number of likely N-dealkylation sites (N-methyl/N-ethyl adjacent to an activating group) is 1. The molecular formula is C17H27ClN4O2. The van der Waals surface area contributed by atoms with Gasteiger partial charge in [0.25, 0.3) is 0 Å². The molecule has 6 nitrogen and oxygen atoms in total. The molecule has 1 fully saturated rings. The molecule has 24 heavy (non-hydrogen) atoms. The van der Waals surface area contributed by atoms with Crippen molar-refractivity contribution in [1.82, 2.24) is 20.4 Å². The summed E-state index contributed by atoms with van der Waals surface area (Å²) >= 11 is 0. The number of piperazine rings is 1. The van der Waals surface area contributed by atoms with Crippen molar-refractivity contribution in [2.45, 2.75) is 13.0 Å². The van der Waals surface area contributed by atoms with Crippen LogP contribution < -0.4 is 10.6 Å². The van der Waals surface area contributed by atoms with Crippen molar-refractivity contribution in [2.24, 2.45) is 0 Å². The van der Waals surface area contributed by atoms with Gasteiger partial charge in [-0.2, -0.15) is 0 Å². The molecule has 1 atom stereocenters. The maximum atomic E-state index is 12.2. The second-order valence-corrected chi connectivity index (χ2v) is 6.00. The van der Waals surface area contributed by atoms with E-state index in [4.69, 9.17) is 0 Å². The van der Waals surface area contributed by atoms with Gasteiger partial charge in [0.2, 0.25) is 11.8 Å². The minimum atomic E-state index is -0.0723. The summed E-state index contributed by atoms with van der Waals surface area (Å²) < 4.78 is 0. The molecule has 1 aliphatic rings. The quantitative estimate of drug-likeness (QED) is 0.787. The lowest BCUT2D eigenvalue weighted by Gasteiger charge is -2.29. The first-order valence-corrected chi connectivity index (χ1v) is 8.07. The third-order valence-electron chi connectivity index (χ3n) is 3.97. The molecule has 0 aliphatic carbocycles. The Bertz CT molecular complexity index is 521. The first-order chi connectivity index (χ1) is 11.1. The van der Waals surface area contributed by atoms with Crippen LogP contribution in [0.1, 0.15) is 18.5 Å². The topological polar surface area (TPSA) is 64.7 Å². The van der Waals surface area contributed by atoms with Gasteiger partial charge in [-0.1, -0.05) is 30.3 Å². The van der Waals surface area contributed by atoms with Gasteiger partial charge in [-0.15, -0.1) is 12.4 Å². The van der Waals surface area contributed by atoms with Gasteiger partial charge in [-0.3, -0.25) is 14.5 Å². The molecule has 0 spiro atoms. The number of carbonyl (C=O) groups is 2. The predicted molar refractivity (Wildman–Crippen MR) is 97.2 cm³/mol. The Labute approximate surface area is 150 Å². The minimum absolute atomic E-state index is 0. The normalized spacial score (nSPS) is 15.5. The van der Waals surface area contributed by atoms with Crippen molar-refractivity contribution in [2.75, 3.05) is 46.3 Å². The average molecular weight is 355 g/mol. The molecule has 1 aromatic carbocycles. The van der Waals surface area contributed by atoms with Crippen LogP contribution in [0, 0.1) is 0 Å². The Morgan fingerprint density at radius 3 is 2.46 bits per heavy atom. The third kappa shape index (κ3) is 6.47. The zero-order valence-electron chi connectivity index (χ0n) is 14.3. The molecule has 1 saturated heterocycles. The van der Waals surface area contributed by atoms with Crippen LogP contribution in [0.5, 0.6) is 0 Å². The molecule has 134 valence electrons. The molecule has 2 amide bonds. The maximum absolute atomic E-state index is 12.2. The highest BCUT2D eigenvalue weighted by Crippen LogP contribution is 2.10. The lowest BCUT2D eigenvalue weighted by molar-refractivity contribution is -0.133. The van der Waals surface area contributed by atoms with E-state index < -0.39 is 0 Å². The second-order valence-electron chi connectivity index (χ2n) is 6.00. The highest BCUT2D eigenvalue weighted by Gasteiger charge is 2.19. The highest BCUT2D eigenvalue weighted by atomic mass is 35.5. The van der Waals surface area contributed by atoms with Gasteiger partial charge >= 0.3 is 0 Å². The lowest BCUT2D eigenvalue weighted by atomic mass is 10.1. The standard InChI is InChI=1S/C17H26N4O2.ClH/c1-14(15-6-4-3-5-7-15)19-16(22)12-20(2)13-17(23)21-10-8-18-9-11-21;/h3-7,14,18H,8-13H2,1-2H3,(H,19,22);1H. The molecule has 1 aromatic rings. The van der Waals surface area contributed by atoms with Crippen molar-refractivity contribution in [3.8, 4) is 0 Å². The van der Waals surface area contributed by atoms with Crippen molar-refractivity contribution in [1.29, 1.82) is 0 Å². The number of nitrogens with zero attached hydrogens (tertiary/aromatic N) is 2. The van der Waals surface area contributed by atoms with Crippen LogP contribution in [0.4, 0.5) is 0 Å². The summed E-state index contributed by atoms with van der Waals surface area (Å²) in [7, 11) is 1.80. The van der Waals surface area contributed by atoms with Crippen molar-refractivity contribution in [3.05, 3.63) is 35.9 Å². The maximum Gasteiger partial charge on any atom is 0.236 e. The van der Waals surface area contributed by atoms with Crippen molar-refractivity contribution < 1.29 is 9.59 Å². The van der Waals surface area contributed by atoms with Gasteiger partial charge in [0.05, 0.1) is 19.1 Å². The van der Waals surface area contributed by atoms with Crippen molar-refractivity contribution in [3.63, 3.8) is 0 Å². The summed E-state index contributed by atoms with van der Waals surface area (Å²) in [6.45, 7) is 5.60. The summed E-state index contributed by atoms with van der Waals surface area (Å²) in [5.41, 5.74) is 1.07. The summed E-state index contributed by atoms with van der Waals surface area (Å²) in [6, 6.07) is 9.80. The highest BCUT2D eigenvalue weighted by molar-refractivity contribution is 5.85. The molecule has 0 bridgehead atoms. The smallest absolute Gasteiger partial charge is 0.236 e. The number of benzene rings is 1. The van der Waals surface area contributed by atoms with E-state index in [0.29, 0.717) is 0 Å². The molecule has 0 radical (unpaired) electrons. The Kier molecular flexibility index (Phi) is 8.74. The molecule has 2 rings (SSSR count). The molecule has 0 aromatic heterocycles. The summed E-state index contributed by atoms with van der Waals surface area (Å²) in [4.78, 5) is 27.9. The molecule has 1 aliphatic heterocycles. The van der Waals surface area contributed by atoms with Gasteiger partial charge in [0, 0.05) is 26.2 Å². The average Bonchev–Trinajstić information content (AvgIpc) is 2.56. The summed E-state index contributed by atoms with van der Waals surface area (Å²) in [5.74, 6) is 0.00914. The van der Waals surface area contributed by atoms with Gasteiger partial charge in [0.15, 0.2) is 0 Å². The van der Waals surface area contributed by atoms with Gasteiger partial charge in [0.1, 0.15) is 0 Å². The summed E-state index contributed by atoms with van der Waals surface area (Å²) in [5, 5.41) is 6.19. The van der Waals surface area contributed by atoms with E-state index in [1.54, 1.807) is 11.9 Å². The Morgan fingerprint density at radius 1 is 1.21 bits per heavy atom. The first kappa shape index (κ1) is 20.4. The third-order valence-corrected chi connectivity index (χ3v) is 3.97. The number of amides is 2. The molecule has 0 saturated carbocycles. The van der Waals surface area contributed by atoms with Crippen LogP contribution in [0.25, 0.3) is 0 Å². The monoisotopic (exact) mass is 354 g/mol. The second kappa shape index (κ2) is 10.3. The van der Waals surface area contributed by atoms with Crippen LogP contribution in [0.2, 0.25) is 0 Å². The molecular weight excluding hydrogens is 328 g/mol. The van der Waals surface area contributed by atoms with E-state index >= 15 is 0 Å². The van der Waals surface area contributed by atoms with E-state index in [9.17, 15) is 9.59 Å². The number of halogens is 1. The largest absolute Gasteiger partial charge is 0.348 e. The fraction of sp³-hybridized carbons (Fsp3) is 0.529. The first-order valence-electron chi connectivity index (χ1n) is 8.07. The Morgan fingerprint density at radius 2 is 1.83 bits per heavy atom. The number of carbonyl (C=O) groups excluding carboxylic acids is 2. The number of rotatable bonds is 6. The zero-order valence-corrected chi connectivity index (χ0v) is 15.1. The SMILES string of the molecule is CC(NC(=O)CN(C)CC(=O)N1CCNCC1)c1ccccc1.Cl. The van der Waals surface area contributed by atoms with E-state index in [2.05, 4.69) is 10.6 Å². The zero-order chi connectivity index (χ0) is 16.7. The van der Waals surface area contributed by atoms with Gasteiger partial charge in [-0.05, 0) is 19.5 Å². The Hall–Kier alpha value is -1.63. The number of hydrogen-bond donors (Lipinski definition) is 2. The fourth-order valence-electron chi connectivity index (χ4n) is 2.66. The van der Waals surface area contributed by atoms with Crippen molar-refractivity contribution >= 4 is 24.2 Å². The lowest BCUT2D eigenvalue weighted by Crippen LogP contribution is -2.50. The van der Waals surface area contributed by atoms with Gasteiger partial charge < -0.3 is 15.5 Å². The van der Waals surface area contributed by atoms with Gasteiger partial charge in [-0.25, -0.2) is 0 Å². The van der Waals surface area contributed by atoms with Crippen LogP contribution in [0.3, 0.4) is 0 Å². The van der Waals surface area contributed by atoms with E-state index in [1.165, 1.54) is 0 Å². The molecule has 7 heteroatoms. The number of nitrogens with one attached hydrogen (secondary N) is 2. The summed E-state index contributed by atoms with van der Waals surface area (Å²) in [6.07, 6.45) is 0. The van der Waals surface area contributed by atoms with Crippen LogP contribution in [-0.4, -0.2) is 67.9 Å². The van der Waals surface area contributed by atoms with Crippen LogP contribution in [0.15, 0.2) is 30.3 Å². The predicted octanol–water partition coefficient (Wildman–Crippen LogP) is 0.649. The fourth-order valence-corrected chi connectivity index (χ4v) is 2.66. The van der Waals surface area contributed by atoms with E-state index in [-0.39, 0.29) is 43.4 Å². The minimum Gasteiger partial charge on any atom is -0.348 e. The number of hydrogen-bond acceptors (Lipinski definition) is 4.